The number of hydrogen-bond acceptors (Lipinski definition) is 3. The Morgan fingerprint density at radius 2 is 2.00 bits per heavy atom. The normalized spacial score (nSPS) is 10.3. The van der Waals surface area contributed by atoms with Crippen LogP contribution in [-0.4, -0.2) is 22.3 Å². The monoisotopic (exact) mass is 273 g/mol. The second-order valence-corrected chi connectivity index (χ2v) is 4.28. The van der Waals surface area contributed by atoms with E-state index in [2.05, 4.69) is 10.4 Å². The second kappa shape index (κ2) is 6.75. The molecule has 0 spiro atoms. The van der Waals surface area contributed by atoms with E-state index < -0.39 is 0 Å². The Hall–Kier alpha value is -2.30. The Balaban J connectivity index is 1.94. The summed E-state index contributed by atoms with van der Waals surface area (Å²) in [6.45, 7) is 5.83. The van der Waals surface area contributed by atoms with E-state index in [-0.39, 0.29) is 5.91 Å². The maximum absolute atomic E-state index is 12.0. The van der Waals surface area contributed by atoms with Crippen LogP contribution in [0.2, 0.25) is 0 Å². The van der Waals surface area contributed by atoms with Crippen LogP contribution in [0.4, 0.5) is 0 Å². The fourth-order valence-electron chi connectivity index (χ4n) is 1.94. The molecule has 2 rings (SSSR count). The number of ether oxygens (including phenoxy) is 1. The summed E-state index contributed by atoms with van der Waals surface area (Å²) in [5.74, 6) is 0.671. The molecule has 5 nitrogen and oxygen atoms in total. The highest BCUT2D eigenvalue weighted by atomic mass is 16.5. The molecule has 0 fully saturated rings. The maximum atomic E-state index is 12.0. The van der Waals surface area contributed by atoms with Crippen molar-refractivity contribution in [2.45, 2.75) is 26.9 Å². The largest absolute Gasteiger partial charge is 0.494 e. The first kappa shape index (κ1) is 14.1. The zero-order valence-electron chi connectivity index (χ0n) is 11.8. The molecule has 0 radical (unpaired) electrons. The third-order valence-electron chi connectivity index (χ3n) is 2.96. The highest BCUT2D eigenvalue weighted by Gasteiger charge is 2.07. The van der Waals surface area contributed by atoms with Crippen LogP contribution in [0.15, 0.2) is 36.5 Å². The minimum absolute atomic E-state index is 0.100. The molecule has 0 bridgehead atoms. The molecule has 2 aromatic rings. The van der Waals surface area contributed by atoms with Crippen LogP contribution in [0.1, 0.15) is 29.9 Å². The maximum Gasteiger partial charge on any atom is 0.251 e. The van der Waals surface area contributed by atoms with Crippen molar-refractivity contribution in [3.8, 4) is 5.75 Å². The molecule has 0 aliphatic carbocycles. The minimum Gasteiger partial charge on any atom is -0.494 e. The van der Waals surface area contributed by atoms with E-state index in [1.54, 1.807) is 30.5 Å². The fourth-order valence-corrected chi connectivity index (χ4v) is 1.94. The van der Waals surface area contributed by atoms with Crippen molar-refractivity contribution < 1.29 is 9.53 Å². The van der Waals surface area contributed by atoms with Gasteiger partial charge in [0.1, 0.15) is 5.75 Å². The average Bonchev–Trinajstić information content (AvgIpc) is 2.93. The van der Waals surface area contributed by atoms with Crippen LogP contribution in [0.3, 0.4) is 0 Å². The highest BCUT2D eigenvalue weighted by molar-refractivity contribution is 5.94. The second-order valence-electron chi connectivity index (χ2n) is 4.28. The average molecular weight is 273 g/mol. The third kappa shape index (κ3) is 3.38. The molecule has 0 aliphatic rings. The summed E-state index contributed by atoms with van der Waals surface area (Å²) in [5.41, 5.74) is 1.61. The van der Waals surface area contributed by atoms with Crippen LogP contribution in [0.5, 0.6) is 5.75 Å². The molecule has 20 heavy (non-hydrogen) atoms. The van der Waals surface area contributed by atoms with E-state index >= 15 is 0 Å². The van der Waals surface area contributed by atoms with Crippen molar-refractivity contribution in [3.05, 3.63) is 47.8 Å². The molecule has 106 valence electrons. The van der Waals surface area contributed by atoms with E-state index in [4.69, 9.17) is 4.74 Å². The van der Waals surface area contributed by atoms with Gasteiger partial charge in [0.2, 0.25) is 0 Å². The molecule has 0 aliphatic heterocycles. The van der Waals surface area contributed by atoms with Gasteiger partial charge in [-0.05, 0) is 44.2 Å². The van der Waals surface area contributed by atoms with Gasteiger partial charge in [-0.25, -0.2) is 0 Å². The van der Waals surface area contributed by atoms with Crippen molar-refractivity contribution in [1.29, 1.82) is 0 Å². The van der Waals surface area contributed by atoms with Gasteiger partial charge in [0.15, 0.2) is 0 Å². The van der Waals surface area contributed by atoms with Gasteiger partial charge in [-0.2, -0.15) is 5.10 Å². The molecule has 0 atom stereocenters. The first-order valence-electron chi connectivity index (χ1n) is 6.76. The number of aromatic nitrogens is 2. The summed E-state index contributed by atoms with van der Waals surface area (Å²) >= 11 is 0. The van der Waals surface area contributed by atoms with E-state index in [1.165, 1.54) is 0 Å². The molecule has 1 amide bonds. The predicted octanol–water partition coefficient (Wildman–Crippen LogP) is 2.23. The van der Waals surface area contributed by atoms with Gasteiger partial charge in [0, 0.05) is 18.3 Å². The molecule has 0 saturated heterocycles. The molecule has 0 unspecified atom stereocenters. The standard InChI is InChI=1S/C15H19N3O2/c1-3-18-13(9-10-17-18)11-16-15(19)12-5-7-14(8-6-12)20-4-2/h5-10H,3-4,11H2,1-2H3,(H,16,19). The summed E-state index contributed by atoms with van der Waals surface area (Å²) in [4.78, 5) is 12.0. The Kier molecular flexibility index (Phi) is 4.76. The van der Waals surface area contributed by atoms with Crippen LogP contribution in [-0.2, 0) is 13.1 Å². The predicted molar refractivity (Wildman–Crippen MR) is 76.7 cm³/mol. The zero-order valence-corrected chi connectivity index (χ0v) is 11.8. The molecular weight excluding hydrogens is 254 g/mol. The van der Waals surface area contributed by atoms with Crippen molar-refractivity contribution >= 4 is 5.91 Å². The van der Waals surface area contributed by atoms with Crippen molar-refractivity contribution in [1.82, 2.24) is 15.1 Å². The highest BCUT2D eigenvalue weighted by Crippen LogP contribution is 2.12. The van der Waals surface area contributed by atoms with Crippen LogP contribution < -0.4 is 10.1 Å². The lowest BCUT2D eigenvalue weighted by atomic mass is 10.2. The summed E-state index contributed by atoms with van der Waals surface area (Å²) in [5, 5.41) is 7.05. The van der Waals surface area contributed by atoms with Crippen LogP contribution in [0.25, 0.3) is 0 Å². The van der Waals surface area contributed by atoms with E-state index in [0.29, 0.717) is 18.7 Å². The lowest BCUT2D eigenvalue weighted by molar-refractivity contribution is 0.0950. The molecule has 1 aromatic carbocycles. The lowest BCUT2D eigenvalue weighted by Gasteiger charge is -2.08. The number of carbonyl (C=O) groups excluding carboxylic acids is 1. The van der Waals surface area contributed by atoms with E-state index in [1.807, 2.05) is 24.6 Å². The number of nitrogens with zero attached hydrogens (tertiary/aromatic N) is 2. The third-order valence-corrected chi connectivity index (χ3v) is 2.96. The number of aryl methyl sites for hydroxylation is 1. The summed E-state index contributed by atoms with van der Waals surface area (Å²) < 4.78 is 7.21. The first-order valence-corrected chi connectivity index (χ1v) is 6.76. The first-order chi connectivity index (χ1) is 9.74. The van der Waals surface area contributed by atoms with Gasteiger partial charge >= 0.3 is 0 Å². The topological polar surface area (TPSA) is 56.1 Å². The number of hydrogen-bond donors (Lipinski definition) is 1. The molecular formula is C15H19N3O2. The van der Waals surface area contributed by atoms with Gasteiger partial charge in [0.25, 0.3) is 5.91 Å². The molecule has 0 saturated carbocycles. The number of benzene rings is 1. The molecule has 5 heteroatoms. The van der Waals surface area contributed by atoms with Gasteiger partial charge < -0.3 is 10.1 Å². The number of amides is 1. The summed E-state index contributed by atoms with van der Waals surface area (Å²) in [7, 11) is 0. The Morgan fingerprint density at radius 3 is 2.65 bits per heavy atom. The van der Waals surface area contributed by atoms with Gasteiger partial charge in [0.05, 0.1) is 18.8 Å². The zero-order chi connectivity index (χ0) is 14.4. The Bertz CT molecular complexity index is 561. The van der Waals surface area contributed by atoms with E-state index in [0.717, 1.165) is 18.0 Å². The minimum atomic E-state index is -0.100. The van der Waals surface area contributed by atoms with Crippen LogP contribution >= 0.6 is 0 Å². The smallest absolute Gasteiger partial charge is 0.251 e. The molecule has 1 N–H and O–H groups in total. The van der Waals surface area contributed by atoms with Gasteiger partial charge in [-0.1, -0.05) is 0 Å². The molecule has 1 aromatic heterocycles. The van der Waals surface area contributed by atoms with Crippen molar-refractivity contribution in [2.24, 2.45) is 0 Å². The molecule has 1 heterocycles. The Morgan fingerprint density at radius 1 is 1.25 bits per heavy atom. The fraction of sp³-hybridized carbons (Fsp3) is 0.333. The van der Waals surface area contributed by atoms with Crippen molar-refractivity contribution in [2.75, 3.05) is 6.61 Å². The SMILES string of the molecule is CCOc1ccc(C(=O)NCc2ccnn2CC)cc1. The Labute approximate surface area is 118 Å². The summed E-state index contributed by atoms with van der Waals surface area (Å²) in [6, 6.07) is 9.03. The number of rotatable bonds is 6. The lowest BCUT2D eigenvalue weighted by Crippen LogP contribution is -2.24. The number of carbonyl (C=O) groups is 1. The van der Waals surface area contributed by atoms with Crippen LogP contribution in [0, 0.1) is 0 Å². The quantitative estimate of drug-likeness (QED) is 0.878. The van der Waals surface area contributed by atoms with Gasteiger partial charge in [-0.3, -0.25) is 9.48 Å². The van der Waals surface area contributed by atoms with Crippen molar-refractivity contribution in [3.63, 3.8) is 0 Å². The van der Waals surface area contributed by atoms with Gasteiger partial charge in [-0.15, -0.1) is 0 Å². The van der Waals surface area contributed by atoms with E-state index in [9.17, 15) is 4.79 Å². The summed E-state index contributed by atoms with van der Waals surface area (Å²) in [6.07, 6.45) is 1.74. The number of nitrogens with one attached hydrogen (secondary N) is 1.